The lowest BCUT2D eigenvalue weighted by Gasteiger charge is -2.21. The molecule has 0 saturated heterocycles. The topological polar surface area (TPSA) is 0 Å². The van der Waals surface area contributed by atoms with Gasteiger partial charge < -0.3 is 0 Å². The molecule has 0 spiro atoms. The molecule has 0 heterocycles. The van der Waals surface area contributed by atoms with Gasteiger partial charge in [0.15, 0.2) is 0 Å². The highest BCUT2D eigenvalue weighted by Crippen LogP contribution is 2.33. The lowest BCUT2D eigenvalue weighted by molar-refractivity contribution is 0.590. The number of rotatable bonds is 0. The van der Waals surface area contributed by atoms with E-state index in [9.17, 15) is 0 Å². The van der Waals surface area contributed by atoms with Crippen molar-refractivity contribution >= 4 is 23.2 Å². The number of halogens is 2. The highest BCUT2D eigenvalue weighted by Gasteiger charge is 2.18. The highest BCUT2D eigenvalue weighted by atomic mass is 35.5. The zero-order valence-corrected chi connectivity index (χ0v) is 9.92. The van der Waals surface area contributed by atoms with Gasteiger partial charge >= 0.3 is 0 Å². The third-order valence-electron chi connectivity index (χ3n) is 2.03. The van der Waals surface area contributed by atoms with Crippen LogP contribution in [0.5, 0.6) is 0 Å². The van der Waals surface area contributed by atoms with Gasteiger partial charge in [0, 0.05) is 10.0 Å². The lowest BCUT2D eigenvalue weighted by atomic mass is 9.86. The highest BCUT2D eigenvalue weighted by molar-refractivity contribution is 6.34. The quantitative estimate of drug-likeness (QED) is 0.595. The van der Waals surface area contributed by atoms with Crippen LogP contribution in [0, 0.1) is 6.92 Å². The van der Waals surface area contributed by atoms with E-state index >= 15 is 0 Å². The summed E-state index contributed by atoms with van der Waals surface area (Å²) in [5.41, 5.74) is 2.20. The number of benzene rings is 1. The molecule has 0 atom stereocenters. The van der Waals surface area contributed by atoms with Crippen molar-refractivity contribution in [3.8, 4) is 0 Å². The fourth-order valence-corrected chi connectivity index (χ4v) is 1.94. The van der Waals surface area contributed by atoms with Gasteiger partial charge in [-0.2, -0.15) is 0 Å². The van der Waals surface area contributed by atoms with E-state index in [1.807, 2.05) is 19.1 Å². The van der Waals surface area contributed by atoms with E-state index in [0.717, 1.165) is 21.2 Å². The molecule has 1 aromatic rings. The molecule has 0 saturated carbocycles. The second-order valence-corrected chi connectivity index (χ2v) is 5.15. The van der Waals surface area contributed by atoms with Gasteiger partial charge in [-0.1, -0.05) is 44.0 Å². The molecule has 0 aliphatic heterocycles. The summed E-state index contributed by atoms with van der Waals surface area (Å²) in [5, 5.41) is 1.59. The molecule has 2 heteroatoms. The Morgan fingerprint density at radius 3 is 2.08 bits per heavy atom. The van der Waals surface area contributed by atoms with Gasteiger partial charge in [0.25, 0.3) is 0 Å². The standard InChI is InChI=1S/C11H14Cl2/c1-7-5-8(12)6-9(10(7)13)11(2,3)4/h5-6H,1-4H3. The van der Waals surface area contributed by atoms with Crippen LogP contribution in [0.1, 0.15) is 31.9 Å². The second-order valence-electron chi connectivity index (χ2n) is 4.33. The monoisotopic (exact) mass is 216 g/mol. The predicted octanol–water partition coefficient (Wildman–Crippen LogP) is 4.60. The number of aryl methyl sites for hydroxylation is 1. The second kappa shape index (κ2) is 3.51. The molecule has 13 heavy (non-hydrogen) atoms. The van der Waals surface area contributed by atoms with Crippen LogP contribution in [-0.4, -0.2) is 0 Å². The Balaban J connectivity index is 3.37. The van der Waals surface area contributed by atoms with Crippen LogP contribution >= 0.6 is 23.2 Å². The lowest BCUT2D eigenvalue weighted by Crippen LogP contribution is -2.12. The molecule has 0 aliphatic carbocycles. The van der Waals surface area contributed by atoms with E-state index < -0.39 is 0 Å². The normalized spacial score (nSPS) is 11.8. The SMILES string of the molecule is Cc1cc(Cl)cc(C(C)(C)C)c1Cl. The first-order valence-electron chi connectivity index (χ1n) is 4.28. The largest absolute Gasteiger partial charge is 0.0843 e. The minimum absolute atomic E-state index is 0.0484. The number of hydrogen-bond donors (Lipinski definition) is 0. The maximum Gasteiger partial charge on any atom is 0.0473 e. The first-order valence-corrected chi connectivity index (χ1v) is 5.04. The van der Waals surface area contributed by atoms with Gasteiger partial charge in [-0.05, 0) is 35.6 Å². The zero-order chi connectivity index (χ0) is 10.2. The van der Waals surface area contributed by atoms with Crippen molar-refractivity contribution in [2.24, 2.45) is 0 Å². The van der Waals surface area contributed by atoms with Crippen LogP contribution in [0.25, 0.3) is 0 Å². The molecule has 72 valence electrons. The molecule has 0 bridgehead atoms. The summed E-state index contributed by atoms with van der Waals surface area (Å²) in [7, 11) is 0. The van der Waals surface area contributed by atoms with E-state index in [1.165, 1.54) is 0 Å². The fraction of sp³-hybridized carbons (Fsp3) is 0.455. The third-order valence-corrected chi connectivity index (χ3v) is 2.75. The Hall–Kier alpha value is -0.200. The van der Waals surface area contributed by atoms with Crippen LogP contribution in [0.3, 0.4) is 0 Å². The summed E-state index contributed by atoms with van der Waals surface area (Å²) in [6.45, 7) is 8.36. The maximum absolute atomic E-state index is 6.19. The summed E-state index contributed by atoms with van der Waals surface area (Å²) in [4.78, 5) is 0. The maximum atomic E-state index is 6.19. The molecule has 1 rings (SSSR count). The molecule has 0 radical (unpaired) electrons. The van der Waals surface area contributed by atoms with Crippen molar-refractivity contribution in [2.75, 3.05) is 0 Å². The Labute approximate surface area is 89.9 Å². The Morgan fingerprint density at radius 2 is 1.62 bits per heavy atom. The molecule has 0 fully saturated rings. The smallest absolute Gasteiger partial charge is 0.0473 e. The van der Waals surface area contributed by atoms with Gasteiger partial charge in [0.05, 0.1) is 0 Å². The summed E-state index contributed by atoms with van der Waals surface area (Å²) < 4.78 is 0. The average Bonchev–Trinajstić information content (AvgIpc) is 1.94. The van der Waals surface area contributed by atoms with Crippen LogP contribution < -0.4 is 0 Å². The van der Waals surface area contributed by atoms with Crippen LogP contribution in [-0.2, 0) is 5.41 Å². The van der Waals surface area contributed by atoms with Crippen molar-refractivity contribution in [2.45, 2.75) is 33.1 Å². The van der Waals surface area contributed by atoms with Crippen molar-refractivity contribution in [1.29, 1.82) is 0 Å². The van der Waals surface area contributed by atoms with Gasteiger partial charge in [-0.3, -0.25) is 0 Å². The molecule has 0 aromatic heterocycles. The molecule has 0 nitrogen and oxygen atoms in total. The molecular weight excluding hydrogens is 203 g/mol. The molecule has 0 N–H and O–H groups in total. The van der Waals surface area contributed by atoms with Gasteiger partial charge in [-0.25, -0.2) is 0 Å². The van der Waals surface area contributed by atoms with Crippen molar-refractivity contribution < 1.29 is 0 Å². The van der Waals surface area contributed by atoms with E-state index in [0.29, 0.717) is 0 Å². The fourth-order valence-electron chi connectivity index (χ4n) is 1.27. The summed E-state index contributed by atoms with van der Waals surface area (Å²) in [6.07, 6.45) is 0. The Bertz CT molecular complexity index is 322. The summed E-state index contributed by atoms with van der Waals surface area (Å²) in [6, 6.07) is 3.83. The summed E-state index contributed by atoms with van der Waals surface area (Å²) in [5.74, 6) is 0. The predicted molar refractivity (Wildman–Crippen MR) is 59.9 cm³/mol. The Morgan fingerprint density at radius 1 is 1.08 bits per heavy atom. The van der Waals surface area contributed by atoms with Crippen LogP contribution in [0.2, 0.25) is 10.0 Å². The van der Waals surface area contributed by atoms with Crippen molar-refractivity contribution in [3.63, 3.8) is 0 Å². The van der Waals surface area contributed by atoms with Crippen LogP contribution in [0.4, 0.5) is 0 Å². The van der Waals surface area contributed by atoms with E-state index in [2.05, 4.69) is 20.8 Å². The van der Waals surface area contributed by atoms with Gasteiger partial charge in [-0.15, -0.1) is 0 Å². The van der Waals surface area contributed by atoms with Crippen LogP contribution in [0.15, 0.2) is 12.1 Å². The molecule has 0 aliphatic rings. The minimum Gasteiger partial charge on any atom is -0.0843 e. The van der Waals surface area contributed by atoms with E-state index in [1.54, 1.807) is 0 Å². The molecule has 0 unspecified atom stereocenters. The van der Waals surface area contributed by atoms with E-state index in [-0.39, 0.29) is 5.41 Å². The molecular formula is C11H14Cl2. The molecule has 0 amide bonds. The summed E-state index contributed by atoms with van der Waals surface area (Å²) >= 11 is 12.2. The minimum atomic E-state index is 0.0484. The average molecular weight is 217 g/mol. The first kappa shape index (κ1) is 10.9. The first-order chi connectivity index (χ1) is 5.82. The Kier molecular flexibility index (Phi) is 2.94. The van der Waals surface area contributed by atoms with Gasteiger partial charge in [0.2, 0.25) is 0 Å². The zero-order valence-electron chi connectivity index (χ0n) is 8.41. The van der Waals surface area contributed by atoms with E-state index in [4.69, 9.17) is 23.2 Å². The number of hydrogen-bond acceptors (Lipinski definition) is 0. The van der Waals surface area contributed by atoms with Crippen molar-refractivity contribution in [3.05, 3.63) is 33.3 Å². The van der Waals surface area contributed by atoms with Gasteiger partial charge in [0.1, 0.15) is 0 Å². The molecule has 1 aromatic carbocycles. The van der Waals surface area contributed by atoms with Crippen molar-refractivity contribution in [1.82, 2.24) is 0 Å². The third kappa shape index (κ3) is 2.38.